The summed E-state index contributed by atoms with van der Waals surface area (Å²) in [5, 5.41) is 0. The maximum atomic E-state index is 13.5. The molecule has 2 N–H and O–H groups in total. The molecule has 0 aliphatic carbocycles. The fraction of sp³-hybridized carbons (Fsp3) is 0.364. The van der Waals surface area contributed by atoms with Crippen LogP contribution in [-0.2, 0) is 0 Å². The molecule has 0 unspecified atom stereocenters. The average Bonchev–Trinajstić information content (AvgIpc) is 2.23. The molecular formula is C11H13ClF2N2O. The van der Waals surface area contributed by atoms with Crippen LogP contribution < -0.4 is 10.5 Å². The van der Waals surface area contributed by atoms with Crippen molar-refractivity contribution in [1.82, 2.24) is 0 Å². The Morgan fingerprint density at radius 1 is 1.41 bits per heavy atom. The first kappa shape index (κ1) is 13.7. The van der Waals surface area contributed by atoms with Crippen molar-refractivity contribution in [3.63, 3.8) is 0 Å². The van der Waals surface area contributed by atoms with Crippen LogP contribution in [0.1, 0.15) is 13.8 Å². The van der Waals surface area contributed by atoms with Gasteiger partial charge in [0.05, 0.1) is 17.7 Å². The van der Waals surface area contributed by atoms with Crippen molar-refractivity contribution in [2.45, 2.75) is 20.0 Å². The Kier molecular flexibility index (Phi) is 4.69. The van der Waals surface area contributed by atoms with Gasteiger partial charge in [0.1, 0.15) is 5.84 Å². The van der Waals surface area contributed by atoms with E-state index in [1.165, 1.54) is 0 Å². The van der Waals surface area contributed by atoms with Crippen LogP contribution in [0.4, 0.5) is 14.5 Å². The summed E-state index contributed by atoms with van der Waals surface area (Å²) in [6, 6.07) is 2.08. The quantitative estimate of drug-likeness (QED) is 0.515. The molecule has 0 aliphatic heterocycles. The number of ether oxygens (including phenoxy) is 1. The second-order valence-corrected chi connectivity index (χ2v) is 3.91. The summed E-state index contributed by atoms with van der Waals surface area (Å²) in [4.78, 5) is 3.75. The van der Waals surface area contributed by atoms with E-state index in [9.17, 15) is 8.78 Å². The van der Waals surface area contributed by atoms with E-state index in [0.717, 1.165) is 12.1 Å². The second-order valence-electron chi connectivity index (χ2n) is 3.64. The molecule has 1 rings (SSSR count). The molecule has 0 bridgehead atoms. The lowest BCUT2D eigenvalue weighted by Crippen LogP contribution is -2.12. The van der Waals surface area contributed by atoms with Crippen molar-refractivity contribution in [2.24, 2.45) is 10.7 Å². The first-order valence-corrected chi connectivity index (χ1v) is 5.52. The number of rotatable bonds is 4. The molecule has 0 saturated carbocycles. The topological polar surface area (TPSA) is 47.6 Å². The zero-order valence-electron chi connectivity index (χ0n) is 9.51. The zero-order chi connectivity index (χ0) is 13.0. The number of hydrogen-bond acceptors (Lipinski definition) is 2. The molecule has 0 aliphatic rings. The van der Waals surface area contributed by atoms with Crippen LogP contribution in [0.3, 0.4) is 0 Å². The number of alkyl halides is 1. The van der Waals surface area contributed by atoms with Gasteiger partial charge in [-0.1, -0.05) is 0 Å². The van der Waals surface area contributed by atoms with Crippen molar-refractivity contribution in [1.29, 1.82) is 0 Å². The molecule has 0 amide bonds. The SMILES string of the molecule is CC(C)Oc1c(F)cc(N=C(N)CCl)cc1F. The summed E-state index contributed by atoms with van der Waals surface area (Å²) in [7, 11) is 0. The summed E-state index contributed by atoms with van der Waals surface area (Å²) >= 11 is 5.41. The van der Waals surface area contributed by atoms with Gasteiger partial charge in [-0.25, -0.2) is 13.8 Å². The number of hydrogen-bond donors (Lipinski definition) is 1. The zero-order valence-corrected chi connectivity index (χ0v) is 10.3. The Bertz CT molecular complexity index is 412. The molecule has 0 radical (unpaired) electrons. The fourth-order valence-electron chi connectivity index (χ4n) is 1.16. The number of aliphatic imine (C=N–C) groups is 1. The summed E-state index contributed by atoms with van der Waals surface area (Å²) < 4.78 is 32.0. The van der Waals surface area contributed by atoms with E-state index in [0.29, 0.717) is 0 Å². The normalized spacial score (nSPS) is 12.0. The molecule has 0 fully saturated rings. The summed E-state index contributed by atoms with van der Waals surface area (Å²) in [5.41, 5.74) is 5.43. The van der Waals surface area contributed by atoms with Crippen molar-refractivity contribution >= 4 is 23.1 Å². The smallest absolute Gasteiger partial charge is 0.191 e. The van der Waals surface area contributed by atoms with E-state index in [-0.39, 0.29) is 23.5 Å². The Balaban J connectivity index is 3.09. The van der Waals surface area contributed by atoms with E-state index in [4.69, 9.17) is 22.1 Å². The monoisotopic (exact) mass is 262 g/mol. The van der Waals surface area contributed by atoms with Crippen LogP contribution in [0.15, 0.2) is 17.1 Å². The minimum Gasteiger partial charge on any atom is -0.485 e. The summed E-state index contributed by atoms with van der Waals surface area (Å²) in [6.45, 7) is 3.35. The van der Waals surface area contributed by atoms with Gasteiger partial charge in [-0.15, -0.1) is 11.6 Å². The maximum Gasteiger partial charge on any atom is 0.191 e. The Labute approximate surface area is 103 Å². The first-order valence-electron chi connectivity index (χ1n) is 4.98. The lowest BCUT2D eigenvalue weighted by Gasteiger charge is -2.11. The first-order chi connectivity index (χ1) is 7.93. The van der Waals surface area contributed by atoms with Gasteiger partial charge in [-0.3, -0.25) is 0 Å². The maximum absolute atomic E-state index is 13.5. The number of halogens is 3. The highest BCUT2D eigenvalue weighted by Gasteiger charge is 2.13. The standard InChI is InChI=1S/C11H13ClF2N2O/c1-6(2)17-11-8(13)3-7(4-9(11)14)16-10(15)5-12/h3-4,6H,5H2,1-2H3,(H2,15,16). The molecule has 94 valence electrons. The molecule has 3 nitrogen and oxygen atoms in total. The van der Waals surface area contributed by atoms with E-state index in [1.54, 1.807) is 13.8 Å². The van der Waals surface area contributed by atoms with Gasteiger partial charge < -0.3 is 10.5 Å². The number of nitrogens with zero attached hydrogens (tertiary/aromatic N) is 1. The highest BCUT2D eigenvalue weighted by Crippen LogP contribution is 2.28. The number of nitrogens with two attached hydrogens (primary N) is 1. The Hall–Kier alpha value is -1.36. The molecular weight excluding hydrogens is 250 g/mol. The fourth-order valence-corrected chi connectivity index (χ4v) is 1.21. The van der Waals surface area contributed by atoms with E-state index < -0.39 is 17.4 Å². The Morgan fingerprint density at radius 3 is 2.35 bits per heavy atom. The highest BCUT2D eigenvalue weighted by atomic mass is 35.5. The van der Waals surface area contributed by atoms with Crippen LogP contribution in [0, 0.1) is 11.6 Å². The molecule has 17 heavy (non-hydrogen) atoms. The van der Waals surface area contributed by atoms with Gasteiger partial charge in [0, 0.05) is 12.1 Å². The molecule has 0 aromatic heterocycles. The minimum absolute atomic E-state index is 0.00646. The third-order valence-electron chi connectivity index (χ3n) is 1.75. The van der Waals surface area contributed by atoms with Crippen molar-refractivity contribution < 1.29 is 13.5 Å². The van der Waals surface area contributed by atoms with Gasteiger partial charge in [0.25, 0.3) is 0 Å². The molecule has 6 heteroatoms. The van der Waals surface area contributed by atoms with Gasteiger partial charge in [0.15, 0.2) is 17.4 Å². The van der Waals surface area contributed by atoms with Crippen molar-refractivity contribution in [3.05, 3.63) is 23.8 Å². The predicted octanol–water partition coefficient (Wildman–Crippen LogP) is 2.98. The average molecular weight is 263 g/mol. The number of amidine groups is 1. The van der Waals surface area contributed by atoms with Crippen LogP contribution in [-0.4, -0.2) is 17.8 Å². The third-order valence-corrected chi connectivity index (χ3v) is 2.02. The summed E-state index contributed by atoms with van der Waals surface area (Å²) in [5.74, 6) is -1.97. The van der Waals surface area contributed by atoms with Gasteiger partial charge >= 0.3 is 0 Å². The predicted molar refractivity (Wildman–Crippen MR) is 64.1 cm³/mol. The number of benzene rings is 1. The van der Waals surface area contributed by atoms with Crippen LogP contribution >= 0.6 is 11.6 Å². The van der Waals surface area contributed by atoms with Crippen LogP contribution in [0.2, 0.25) is 0 Å². The summed E-state index contributed by atoms with van der Waals surface area (Å²) in [6.07, 6.45) is -0.318. The molecule has 0 saturated heterocycles. The lowest BCUT2D eigenvalue weighted by atomic mass is 10.2. The molecule has 0 atom stereocenters. The van der Waals surface area contributed by atoms with E-state index in [2.05, 4.69) is 4.99 Å². The third kappa shape index (κ3) is 3.85. The molecule has 0 heterocycles. The van der Waals surface area contributed by atoms with Gasteiger partial charge in [-0.2, -0.15) is 0 Å². The van der Waals surface area contributed by atoms with E-state index in [1.807, 2.05) is 0 Å². The molecule has 1 aromatic rings. The van der Waals surface area contributed by atoms with Crippen molar-refractivity contribution in [3.8, 4) is 5.75 Å². The van der Waals surface area contributed by atoms with Gasteiger partial charge in [-0.05, 0) is 13.8 Å². The second kappa shape index (κ2) is 5.82. The molecule has 1 aromatic carbocycles. The lowest BCUT2D eigenvalue weighted by molar-refractivity contribution is 0.219. The minimum atomic E-state index is -0.820. The van der Waals surface area contributed by atoms with Crippen LogP contribution in [0.25, 0.3) is 0 Å². The van der Waals surface area contributed by atoms with Crippen LogP contribution in [0.5, 0.6) is 5.75 Å². The largest absolute Gasteiger partial charge is 0.485 e. The Morgan fingerprint density at radius 2 is 1.94 bits per heavy atom. The highest BCUT2D eigenvalue weighted by molar-refractivity contribution is 6.28. The van der Waals surface area contributed by atoms with E-state index >= 15 is 0 Å². The molecule has 0 spiro atoms. The van der Waals surface area contributed by atoms with Crippen molar-refractivity contribution in [2.75, 3.05) is 5.88 Å². The van der Waals surface area contributed by atoms with Gasteiger partial charge in [0.2, 0.25) is 0 Å².